The maximum absolute atomic E-state index is 13.2. The summed E-state index contributed by atoms with van der Waals surface area (Å²) in [5, 5.41) is 0.440. The second-order valence-corrected chi connectivity index (χ2v) is 7.79. The molecule has 2 atom stereocenters. The lowest BCUT2D eigenvalue weighted by Crippen LogP contribution is -2.36. The summed E-state index contributed by atoms with van der Waals surface area (Å²) in [6, 6.07) is 11.1. The highest BCUT2D eigenvalue weighted by molar-refractivity contribution is 6.38. The predicted molar refractivity (Wildman–Crippen MR) is 114 cm³/mol. The Morgan fingerprint density at radius 1 is 1.19 bits per heavy atom. The molecule has 1 aliphatic heterocycles. The van der Waals surface area contributed by atoms with Crippen molar-refractivity contribution in [1.82, 2.24) is 9.97 Å². The normalized spacial score (nSPS) is 17.3. The molecule has 158 valence electrons. The Hall–Kier alpha value is -3.23. The van der Waals surface area contributed by atoms with E-state index in [1.54, 1.807) is 24.3 Å². The molecule has 2 unspecified atom stereocenters. The first kappa shape index (κ1) is 21.0. The molecule has 10 heteroatoms. The summed E-state index contributed by atoms with van der Waals surface area (Å²) in [6.45, 7) is 0. The van der Waals surface area contributed by atoms with E-state index in [1.807, 2.05) is 0 Å². The summed E-state index contributed by atoms with van der Waals surface area (Å²) < 4.78 is 4.85. The van der Waals surface area contributed by atoms with Crippen LogP contribution in [0.5, 0.6) is 0 Å². The number of hydrogen-bond acceptors (Lipinski definition) is 6. The van der Waals surface area contributed by atoms with Gasteiger partial charge in [-0.2, -0.15) is 0 Å². The summed E-state index contributed by atoms with van der Waals surface area (Å²) in [7, 11) is 1.14. The Balaban J connectivity index is 1.80. The van der Waals surface area contributed by atoms with Crippen molar-refractivity contribution < 1.29 is 19.1 Å². The van der Waals surface area contributed by atoms with Crippen molar-refractivity contribution in [3.63, 3.8) is 0 Å². The standard InChI is InChI=1S/C21H15Cl2N3O5/c1-31-21(30)17(18-19(28)25-14-5-3-2-4-13(14)24-18)11-9-16(27)26(20(11)29)15-7-6-10(22)8-12(15)23/h2-8,11,17H,9H2,1H3,(H,25,28). The largest absolute Gasteiger partial charge is 0.468 e. The summed E-state index contributed by atoms with van der Waals surface area (Å²) in [5.74, 6) is -4.64. The molecule has 1 aromatic heterocycles. The van der Waals surface area contributed by atoms with Crippen molar-refractivity contribution in [2.45, 2.75) is 12.3 Å². The SMILES string of the molecule is COC(=O)C(c1nc2ccccc2[nH]c1=O)C1CC(=O)N(c2ccc(Cl)cc2Cl)C1=O. The third-order valence-corrected chi connectivity index (χ3v) is 5.65. The molecule has 2 amide bonds. The van der Waals surface area contributed by atoms with E-state index in [2.05, 4.69) is 9.97 Å². The van der Waals surface area contributed by atoms with E-state index in [4.69, 9.17) is 27.9 Å². The molecule has 31 heavy (non-hydrogen) atoms. The molecule has 0 spiro atoms. The maximum atomic E-state index is 13.2. The number of rotatable bonds is 4. The molecule has 2 aromatic carbocycles. The number of fused-ring (bicyclic) bond motifs is 1. The fourth-order valence-electron chi connectivity index (χ4n) is 3.68. The molecule has 8 nitrogen and oxygen atoms in total. The van der Waals surface area contributed by atoms with Gasteiger partial charge in [0.05, 0.1) is 34.8 Å². The number of nitrogens with one attached hydrogen (secondary N) is 1. The Morgan fingerprint density at radius 3 is 2.65 bits per heavy atom. The van der Waals surface area contributed by atoms with Crippen molar-refractivity contribution in [2.24, 2.45) is 5.92 Å². The lowest BCUT2D eigenvalue weighted by atomic mass is 9.88. The molecule has 1 aliphatic rings. The number of aromatic nitrogens is 2. The lowest BCUT2D eigenvalue weighted by Gasteiger charge is -2.20. The quantitative estimate of drug-likeness (QED) is 0.474. The summed E-state index contributed by atoms with van der Waals surface area (Å²) in [5.41, 5.74) is 0.217. The van der Waals surface area contributed by atoms with Crippen molar-refractivity contribution in [2.75, 3.05) is 12.0 Å². The van der Waals surface area contributed by atoms with Gasteiger partial charge in [0.1, 0.15) is 11.6 Å². The fourth-order valence-corrected chi connectivity index (χ4v) is 4.17. The Bertz CT molecular complexity index is 1290. The van der Waals surface area contributed by atoms with Gasteiger partial charge in [-0.25, -0.2) is 9.88 Å². The number of amides is 2. The second kappa shape index (κ2) is 8.13. The maximum Gasteiger partial charge on any atom is 0.315 e. The molecule has 1 fully saturated rings. The molecule has 2 heterocycles. The number of methoxy groups -OCH3 is 1. The molecule has 0 aliphatic carbocycles. The number of para-hydroxylation sites is 2. The van der Waals surface area contributed by atoms with Gasteiger partial charge in [-0.15, -0.1) is 0 Å². The van der Waals surface area contributed by atoms with Gasteiger partial charge in [-0.3, -0.25) is 19.2 Å². The van der Waals surface area contributed by atoms with Crippen LogP contribution < -0.4 is 10.5 Å². The first-order valence-electron chi connectivity index (χ1n) is 9.20. The Kier molecular flexibility index (Phi) is 5.51. The molecule has 1 N–H and O–H groups in total. The van der Waals surface area contributed by atoms with E-state index in [1.165, 1.54) is 18.2 Å². The summed E-state index contributed by atoms with van der Waals surface area (Å²) >= 11 is 12.1. The number of nitrogens with zero attached hydrogens (tertiary/aromatic N) is 2. The number of hydrogen-bond donors (Lipinski definition) is 1. The molecule has 0 saturated carbocycles. The van der Waals surface area contributed by atoms with E-state index < -0.39 is 35.2 Å². The molecule has 3 aromatic rings. The van der Waals surface area contributed by atoms with Gasteiger partial charge in [-0.05, 0) is 30.3 Å². The Labute approximate surface area is 185 Å². The van der Waals surface area contributed by atoms with Crippen molar-refractivity contribution in [3.05, 3.63) is 68.6 Å². The van der Waals surface area contributed by atoms with Crippen molar-refractivity contribution >= 4 is 57.7 Å². The Morgan fingerprint density at radius 2 is 1.94 bits per heavy atom. The minimum absolute atomic E-state index is 0.103. The van der Waals surface area contributed by atoms with Crippen molar-refractivity contribution in [1.29, 1.82) is 0 Å². The molecule has 4 rings (SSSR count). The smallest absolute Gasteiger partial charge is 0.315 e. The van der Waals surface area contributed by atoms with Gasteiger partial charge in [0, 0.05) is 11.4 Å². The van der Waals surface area contributed by atoms with Crippen molar-refractivity contribution in [3.8, 4) is 0 Å². The average molecular weight is 460 g/mol. The summed E-state index contributed by atoms with van der Waals surface area (Å²) in [6.07, 6.45) is -0.314. The number of esters is 1. The van der Waals surface area contributed by atoms with Crippen LogP contribution in [0.15, 0.2) is 47.3 Å². The number of halogens is 2. The zero-order valence-corrected chi connectivity index (χ0v) is 17.6. The number of aromatic amines is 1. The molecule has 0 radical (unpaired) electrons. The van der Waals surface area contributed by atoms with Crippen LogP contribution in [0, 0.1) is 5.92 Å². The predicted octanol–water partition coefficient (Wildman–Crippen LogP) is 3.07. The van der Waals surface area contributed by atoms with Gasteiger partial charge < -0.3 is 9.72 Å². The van der Waals surface area contributed by atoms with E-state index in [0.29, 0.717) is 16.1 Å². The van der Waals surface area contributed by atoms with Gasteiger partial charge in [-0.1, -0.05) is 35.3 Å². The van der Waals surface area contributed by atoms with Crippen LogP contribution >= 0.6 is 23.2 Å². The summed E-state index contributed by atoms with van der Waals surface area (Å²) in [4.78, 5) is 59.2. The third kappa shape index (κ3) is 3.68. The van der Waals surface area contributed by atoms with Gasteiger partial charge in [0.15, 0.2) is 0 Å². The van der Waals surface area contributed by atoms with Crippen LogP contribution in [-0.2, 0) is 19.1 Å². The first-order valence-corrected chi connectivity index (χ1v) is 9.96. The number of ether oxygens (including phenoxy) is 1. The monoisotopic (exact) mass is 459 g/mol. The number of carbonyl (C=O) groups is 3. The van der Waals surface area contributed by atoms with Crippen LogP contribution in [-0.4, -0.2) is 34.9 Å². The highest BCUT2D eigenvalue weighted by Crippen LogP contribution is 2.38. The zero-order chi connectivity index (χ0) is 22.3. The van der Waals surface area contributed by atoms with Crippen LogP contribution in [0.3, 0.4) is 0 Å². The minimum Gasteiger partial charge on any atom is -0.468 e. The molecule has 0 bridgehead atoms. The van der Waals surface area contributed by atoms with E-state index in [9.17, 15) is 19.2 Å². The number of anilines is 1. The molecular formula is C21H15Cl2N3O5. The van der Waals surface area contributed by atoms with Crippen LogP contribution in [0.2, 0.25) is 10.0 Å². The van der Waals surface area contributed by atoms with Gasteiger partial charge in [0.2, 0.25) is 11.8 Å². The second-order valence-electron chi connectivity index (χ2n) is 6.94. The molecular weight excluding hydrogens is 445 g/mol. The first-order chi connectivity index (χ1) is 14.8. The highest BCUT2D eigenvalue weighted by Gasteiger charge is 2.49. The zero-order valence-electron chi connectivity index (χ0n) is 16.1. The number of carbonyl (C=O) groups excluding carboxylic acids is 3. The van der Waals surface area contributed by atoms with E-state index in [-0.39, 0.29) is 22.8 Å². The fraction of sp³-hybridized carbons (Fsp3) is 0.190. The molecule has 1 saturated heterocycles. The van der Waals surface area contributed by atoms with E-state index >= 15 is 0 Å². The lowest BCUT2D eigenvalue weighted by molar-refractivity contribution is -0.145. The third-order valence-electron chi connectivity index (χ3n) is 5.11. The number of imide groups is 1. The highest BCUT2D eigenvalue weighted by atomic mass is 35.5. The van der Waals surface area contributed by atoms with Gasteiger partial charge in [0.25, 0.3) is 5.56 Å². The van der Waals surface area contributed by atoms with Crippen LogP contribution in [0.1, 0.15) is 18.0 Å². The topological polar surface area (TPSA) is 109 Å². The van der Waals surface area contributed by atoms with Crippen LogP contribution in [0.4, 0.5) is 5.69 Å². The minimum atomic E-state index is -1.37. The number of benzene rings is 2. The van der Waals surface area contributed by atoms with Gasteiger partial charge >= 0.3 is 5.97 Å². The average Bonchev–Trinajstić information content (AvgIpc) is 3.02. The van der Waals surface area contributed by atoms with E-state index in [0.717, 1.165) is 12.0 Å². The number of H-pyrrole nitrogens is 1. The van der Waals surface area contributed by atoms with Crippen LogP contribution in [0.25, 0.3) is 11.0 Å².